The highest BCUT2D eigenvalue weighted by Crippen LogP contribution is 2.37. The summed E-state index contributed by atoms with van der Waals surface area (Å²) < 4.78 is 5.00. The third-order valence-corrected chi connectivity index (χ3v) is 3.09. The predicted molar refractivity (Wildman–Crippen MR) is 63.7 cm³/mol. The summed E-state index contributed by atoms with van der Waals surface area (Å²) in [6.45, 7) is 5.25. The normalized spacial score (nSPS) is 22.1. The van der Waals surface area contributed by atoms with Crippen molar-refractivity contribution in [3.05, 3.63) is 48.0 Å². The lowest BCUT2D eigenvalue weighted by atomic mass is 9.86. The average Bonchev–Trinajstić information content (AvgIpc) is 2.60. The predicted octanol–water partition coefficient (Wildman–Crippen LogP) is 2.16. The molecule has 17 heavy (non-hydrogen) atoms. The first-order valence-electron chi connectivity index (χ1n) is 5.50. The van der Waals surface area contributed by atoms with E-state index in [9.17, 15) is 9.59 Å². The van der Waals surface area contributed by atoms with Crippen LogP contribution >= 0.6 is 0 Å². The van der Waals surface area contributed by atoms with Crippen LogP contribution in [0.1, 0.15) is 22.8 Å². The summed E-state index contributed by atoms with van der Waals surface area (Å²) >= 11 is 0. The van der Waals surface area contributed by atoms with E-state index in [4.69, 9.17) is 4.74 Å². The Kier molecular flexibility index (Phi) is 2.84. The minimum atomic E-state index is -1.08. The van der Waals surface area contributed by atoms with Crippen molar-refractivity contribution in [3.63, 3.8) is 0 Å². The number of carbonyl (C=O) groups is 2. The third-order valence-electron chi connectivity index (χ3n) is 3.09. The van der Waals surface area contributed by atoms with Crippen LogP contribution in [-0.2, 0) is 16.0 Å². The van der Waals surface area contributed by atoms with E-state index in [2.05, 4.69) is 6.58 Å². The van der Waals surface area contributed by atoms with Crippen LogP contribution in [0.2, 0.25) is 0 Å². The van der Waals surface area contributed by atoms with E-state index in [0.29, 0.717) is 12.0 Å². The smallest absolute Gasteiger partial charge is 0.320 e. The second-order valence-electron chi connectivity index (χ2n) is 4.38. The number of carbonyl (C=O) groups excluding carboxylic acids is 2. The van der Waals surface area contributed by atoms with E-state index in [1.165, 1.54) is 6.08 Å². The van der Waals surface area contributed by atoms with E-state index < -0.39 is 11.4 Å². The molecule has 0 radical (unpaired) electrons. The maximum atomic E-state index is 12.2. The topological polar surface area (TPSA) is 43.4 Å². The highest BCUT2D eigenvalue weighted by molar-refractivity contribution is 6.15. The molecule has 1 atom stereocenters. The van der Waals surface area contributed by atoms with Crippen LogP contribution in [0, 0.1) is 5.41 Å². The molecule has 0 spiro atoms. The molecule has 1 aromatic carbocycles. The maximum Gasteiger partial charge on any atom is 0.320 e. The van der Waals surface area contributed by atoms with Crippen molar-refractivity contribution in [2.45, 2.75) is 13.3 Å². The molecule has 0 amide bonds. The molecule has 0 fully saturated rings. The fraction of sp³-hybridized carbons (Fsp3) is 0.286. The second kappa shape index (κ2) is 4.17. The van der Waals surface area contributed by atoms with Gasteiger partial charge in [0.05, 0.1) is 0 Å². The Bertz CT molecular complexity index is 490. The first-order valence-corrected chi connectivity index (χ1v) is 5.50. The number of ketones is 1. The molecule has 0 aliphatic heterocycles. The van der Waals surface area contributed by atoms with Gasteiger partial charge in [-0.25, -0.2) is 0 Å². The standard InChI is InChI=1S/C14H14O3/c1-3-8-17-13(16)14(2)9-10-6-4-5-7-11(10)12(14)15/h3-7H,1,8-9H2,2H3. The van der Waals surface area contributed by atoms with Crippen LogP contribution in [0.4, 0.5) is 0 Å². The van der Waals surface area contributed by atoms with Crippen LogP contribution in [0.5, 0.6) is 0 Å². The minimum Gasteiger partial charge on any atom is -0.461 e. The fourth-order valence-electron chi connectivity index (χ4n) is 2.11. The van der Waals surface area contributed by atoms with Crippen molar-refractivity contribution in [3.8, 4) is 0 Å². The van der Waals surface area contributed by atoms with E-state index in [-0.39, 0.29) is 12.4 Å². The Morgan fingerprint density at radius 3 is 2.88 bits per heavy atom. The van der Waals surface area contributed by atoms with Gasteiger partial charge in [0.1, 0.15) is 12.0 Å². The van der Waals surface area contributed by atoms with Gasteiger partial charge in [-0.3, -0.25) is 9.59 Å². The summed E-state index contributed by atoms with van der Waals surface area (Å²) in [5, 5.41) is 0. The van der Waals surface area contributed by atoms with Gasteiger partial charge in [-0.05, 0) is 18.9 Å². The molecule has 0 saturated heterocycles. The summed E-state index contributed by atoms with van der Waals surface area (Å²) in [7, 11) is 0. The van der Waals surface area contributed by atoms with Crippen LogP contribution in [0.25, 0.3) is 0 Å². The Morgan fingerprint density at radius 1 is 1.53 bits per heavy atom. The Morgan fingerprint density at radius 2 is 2.24 bits per heavy atom. The van der Waals surface area contributed by atoms with Crippen LogP contribution in [-0.4, -0.2) is 18.4 Å². The minimum absolute atomic E-state index is 0.137. The van der Waals surface area contributed by atoms with E-state index in [0.717, 1.165) is 5.56 Å². The van der Waals surface area contributed by atoms with Crippen molar-refractivity contribution in [2.75, 3.05) is 6.61 Å². The van der Waals surface area contributed by atoms with Crippen molar-refractivity contribution in [2.24, 2.45) is 5.41 Å². The number of esters is 1. The summed E-state index contributed by atoms with van der Waals surface area (Å²) in [5.41, 5.74) is 0.466. The zero-order valence-electron chi connectivity index (χ0n) is 9.73. The van der Waals surface area contributed by atoms with Gasteiger partial charge in [0.2, 0.25) is 0 Å². The summed E-state index contributed by atoms with van der Waals surface area (Å²) in [6, 6.07) is 7.30. The molecule has 2 rings (SSSR count). The van der Waals surface area contributed by atoms with Gasteiger partial charge in [-0.1, -0.05) is 36.9 Å². The van der Waals surface area contributed by atoms with Crippen molar-refractivity contribution < 1.29 is 14.3 Å². The van der Waals surface area contributed by atoms with Crippen molar-refractivity contribution in [1.82, 2.24) is 0 Å². The fourth-order valence-corrected chi connectivity index (χ4v) is 2.11. The van der Waals surface area contributed by atoms with E-state index in [1.54, 1.807) is 19.1 Å². The third kappa shape index (κ3) is 1.78. The first-order chi connectivity index (χ1) is 8.09. The van der Waals surface area contributed by atoms with E-state index >= 15 is 0 Å². The highest BCUT2D eigenvalue weighted by atomic mass is 16.5. The Hall–Kier alpha value is -1.90. The quantitative estimate of drug-likeness (QED) is 0.454. The Labute approximate surface area is 100 Å². The molecule has 1 unspecified atom stereocenters. The molecule has 88 valence electrons. The van der Waals surface area contributed by atoms with Gasteiger partial charge < -0.3 is 4.74 Å². The number of benzene rings is 1. The van der Waals surface area contributed by atoms with Crippen LogP contribution < -0.4 is 0 Å². The summed E-state index contributed by atoms with van der Waals surface area (Å²) in [6.07, 6.45) is 1.91. The molecule has 3 nitrogen and oxygen atoms in total. The summed E-state index contributed by atoms with van der Waals surface area (Å²) in [4.78, 5) is 24.1. The number of hydrogen-bond donors (Lipinski definition) is 0. The van der Waals surface area contributed by atoms with Gasteiger partial charge in [0.15, 0.2) is 5.78 Å². The molecule has 0 bridgehead atoms. The lowest BCUT2D eigenvalue weighted by Crippen LogP contribution is -2.35. The number of fused-ring (bicyclic) bond motifs is 1. The molecule has 0 N–H and O–H groups in total. The molecule has 0 saturated carbocycles. The van der Waals surface area contributed by atoms with Crippen LogP contribution in [0.3, 0.4) is 0 Å². The van der Waals surface area contributed by atoms with Crippen LogP contribution in [0.15, 0.2) is 36.9 Å². The molecule has 0 heterocycles. The zero-order chi connectivity index (χ0) is 12.5. The molecule has 1 aliphatic carbocycles. The molecular formula is C14H14O3. The lowest BCUT2D eigenvalue weighted by molar-refractivity contribution is -0.150. The molecular weight excluding hydrogens is 216 g/mol. The van der Waals surface area contributed by atoms with Gasteiger partial charge >= 0.3 is 5.97 Å². The van der Waals surface area contributed by atoms with Gasteiger partial charge in [0.25, 0.3) is 0 Å². The maximum absolute atomic E-state index is 12.2. The monoisotopic (exact) mass is 230 g/mol. The second-order valence-corrected chi connectivity index (χ2v) is 4.38. The largest absolute Gasteiger partial charge is 0.461 e. The zero-order valence-corrected chi connectivity index (χ0v) is 9.73. The van der Waals surface area contributed by atoms with Gasteiger partial charge in [-0.2, -0.15) is 0 Å². The molecule has 0 aromatic heterocycles. The van der Waals surface area contributed by atoms with Gasteiger partial charge in [0, 0.05) is 5.56 Å². The summed E-state index contributed by atoms with van der Waals surface area (Å²) in [5.74, 6) is -0.624. The Balaban J connectivity index is 2.28. The van der Waals surface area contributed by atoms with Crippen molar-refractivity contribution >= 4 is 11.8 Å². The SMILES string of the molecule is C=CCOC(=O)C1(C)Cc2ccccc2C1=O. The lowest BCUT2D eigenvalue weighted by Gasteiger charge is -2.19. The highest BCUT2D eigenvalue weighted by Gasteiger charge is 2.48. The molecule has 1 aliphatic rings. The molecule has 1 aromatic rings. The molecule has 3 heteroatoms. The first kappa shape index (κ1) is 11.6. The average molecular weight is 230 g/mol. The number of rotatable bonds is 3. The van der Waals surface area contributed by atoms with Crippen molar-refractivity contribution in [1.29, 1.82) is 0 Å². The number of ether oxygens (including phenoxy) is 1. The van der Waals surface area contributed by atoms with E-state index in [1.807, 2.05) is 12.1 Å². The van der Waals surface area contributed by atoms with Gasteiger partial charge in [-0.15, -0.1) is 0 Å². The number of Topliss-reactive ketones (excluding diaryl/α,β-unsaturated/α-hetero) is 1. The number of hydrogen-bond acceptors (Lipinski definition) is 3.